The van der Waals surface area contributed by atoms with Crippen LogP contribution in [-0.4, -0.2) is 17.6 Å². The lowest BCUT2D eigenvalue weighted by Gasteiger charge is -2.16. The van der Waals surface area contributed by atoms with Gasteiger partial charge in [0.25, 0.3) is 0 Å². The quantitative estimate of drug-likeness (QED) is 0.721. The Morgan fingerprint density at radius 1 is 1.28 bits per heavy atom. The van der Waals surface area contributed by atoms with E-state index in [1.165, 1.54) is 36.5 Å². The van der Waals surface area contributed by atoms with Crippen LogP contribution in [0.4, 0.5) is 0 Å². The van der Waals surface area contributed by atoms with Gasteiger partial charge in [-0.2, -0.15) is 0 Å². The van der Waals surface area contributed by atoms with E-state index in [1.54, 1.807) is 0 Å². The number of carbonyl (C=O) groups excluding carboxylic acids is 1. The normalized spacial score (nSPS) is 14.6. The summed E-state index contributed by atoms with van der Waals surface area (Å²) in [4.78, 5) is 11.7. The van der Waals surface area contributed by atoms with E-state index in [2.05, 4.69) is 12.1 Å². The molecule has 3 nitrogen and oxygen atoms in total. The molecule has 1 aromatic heterocycles. The van der Waals surface area contributed by atoms with E-state index >= 15 is 0 Å². The Morgan fingerprint density at radius 3 is 2.83 bits per heavy atom. The number of hydrogen-bond donors (Lipinski definition) is 0. The molecule has 1 heterocycles. The molecular weight excluding hydrogens is 226 g/mol. The summed E-state index contributed by atoms with van der Waals surface area (Å²) in [7, 11) is 3.35. The van der Waals surface area contributed by atoms with Gasteiger partial charge in [-0.1, -0.05) is 6.07 Å². The molecule has 1 aliphatic carbocycles. The van der Waals surface area contributed by atoms with Crippen LogP contribution in [-0.2, 0) is 24.6 Å². The lowest BCUT2D eigenvalue weighted by molar-refractivity contribution is 0.0590. The summed E-state index contributed by atoms with van der Waals surface area (Å²) in [5.74, 6) is -0.266. The number of hydrogen-bond acceptors (Lipinski definition) is 2. The van der Waals surface area contributed by atoms with Crippen molar-refractivity contribution in [2.24, 2.45) is 7.05 Å². The summed E-state index contributed by atoms with van der Waals surface area (Å²) in [6.45, 7) is 0. The lowest BCUT2D eigenvalue weighted by Crippen LogP contribution is -2.07. The standard InChI is InChI=1S/C15H17NO2/c1-16-13-8-7-10-5-3-4-6-11(10)12(13)9-14(16)15(17)18-2/h7-9H,3-6H2,1-2H3. The largest absolute Gasteiger partial charge is 0.464 e. The molecule has 18 heavy (non-hydrogen) atoms. The maximum absolute atomic E-state index is 11.7. The Labute approximate surface area is 106 Å². The molecule has 0 aliphatic heterocycles. The molecule has 2 aromatic rings. The van der Waals surface area contributed by atoms with Gasteiger partial charge in [-0.05, 0) is 48.9 Å². The van der Waals surface area contributed by atoms with Crippen LogP contribution < -0.4 is 0 Å². The van der Waals surface area contributed by atoms with E-state index in [4.69, 9.17) is 4.74 Å². The van der Waals surface area contributed by atoms with E-state index in [9.17, 15) is 4.79 Å². The Hall–Kier alpha value is -1.77. The smallest absolute Gasteiger partial charge is 0.354 e. The molecule has 0 unspecified atom stereocenters. The van der Waals surface area contributed by atoms with Crippen LogP contribution >= 0.6 is 0 Å². The van der Waals surface area contributed by atoms with Gasteiger partial charge >= 0.3 is 5.97 Å². The molecule has 1 aromatic carbocycles. The van der Waals surface area contributed by atoms with Crippen LogP contribution in [0.1, 0.15) is 34.5 Å². The molecule has 3 heteroatoms. The first-order valence-electron chi connectivity index (χ1n) is 6.41. The van der Waals surface area contributed by atoms with Gasteiger partial charge in [-0.3, -0.25) is 0 Å². The predicted octanol–water partition coefficient (Wildman–Crippen LogP) is 2.84. The van der Waals surface area contributed by atoms with Crippen molar-refractivity contribution in [1.29, 1.82) is 0 Å². The number of esters is 1. The van der Waals surface area contributed by atoms with Crippen molar-refractivity contribution in [2.75, 3.05) is 7.11 Å². The van der Waals surface area contributed by atoms with Crippen molar-refractivity contribution in [3.63, 3.8) is 0 Å². The second kappa shape index (κ2) is 4.16. The molecule has 0 spiro atoms. The van der Waals surface area contributed by atoms with Crippen LogP contribution in [0.15, 0.2) is 18.2 Å². The zero-order valence-corrected chi connectivity index (χ0v) is 10.8. The van der Waals surface area contributed by atoms with E-state index in [0.29, 0.717) is 5.69 Å². The van der Waals surface area contributed by atoms with E-state index in [0.717, 1.165) is 18.4 Å². The predicted molar refractivity (Wildman–Crippen MR) is 70.9 cm³/mol. The number of nitrogens with zero attached hydrogens (tertiary/aromatic N) is 1. The van der Waals surface area contributed by atoms with Gasteiger partial charge < -0.3 is 9.30 Å². The van der Waals surface area contributed by atoms with Gasteiger partial charge in [0.15, 0.2) is 0 Å². The van der Waals surface area contributed by atoms with Gasteiger partial charge in [0.1, 0.15) is 5.69 Å². The molecule has 0 saturated carbocycles. The molecule has 0 atom stereocenters. The number of methoxy groups -OCH3 is 1. The van der Waals surface area contributed by atoms with Crippen molar-refractivity contribution in [1.82, 2.24) is 4.57 Å². The van der Waals surface area contributed by atoms with Crippen molar-refractivity contribution in [3.05, 3.63) is 35.0 Å². The molecule has 0 radical (unpaired) electrons. The third-order valence-corrected chi connectivity index (χ3v) is 3.95. The highest BCUT2D eigenvalue weighted by Gasteiger charge is 2.18. The highest BCUT2D eigenvalue weighted by atomic mass is 16.5. The number of aryl methyl sites for hydroxylation is 3. The Balaban J connectivity index is 2.26. The zero-order valence-electron chi connectivity index (χ0n) is 10.8. The zero-order chi connectivity index (χ0) is 12.7. The summed E-state index contributed by atoms with van der Waals surface area (Å²) in [6, 6.07) is 6.30. The average molecular weight is 243 g/mol. The first-order chi connectivity index (χ1) is 8.72. The third-order valence-electron chi connectivity index (χ3n) is 3.95. The monoisotopic (exact) mass is 243 g/mol. The highest BCUT2D eigenvalue weighted by Crippen LogP contribution is 2.30. The van der Waals surface area contributed by atoms with Crippen molar-refractivity contribution >= 4 is 16.9 Å². The molecule has 0 fully saturated rings. The third kappa shape index (κ3) is 1.54. The molecule has 0 amide bonds. The Morgan fingerprint density at radius 2 is 2.06 bits per heavy atom. The number of aromatic nitrogens is 1. The minimum atomic E-state index is -0.266. The number of ether oxygens (including phenoxy) is 1. The summed E-state index contributed by atoms with van der Waals surface area (Å²) in [5, 5.41) is 1.22. The topological polar surface area (TPSA) is 31.2 Å². The van der Waals surface area contributed by atoms with Crippen molar-refractivity contribution in [3.8, 4) is 0 Å². The van der Waals surface area contributed by atoms with Gasteiger partial charge in [-0.25, -0.2) is 4.79 Å². The fourth-order valence-corrected chi connectivity index (χ4v) is 2.96. The van der Waals surface area contributed by atoms with Gasteiger partial charge in [0.05, 0.1) is 7.11 Å². The molecule has 0 bridgehead atoms. The summed E-state index contributed by atoms with van der Waals surface area (Å²) < 4.78 is 6.76. The second-order valence-electron chi connectivity index (χ2n) is 4.92. The van der Waals surface area contributed by atoms with Crippen molar-refractivity contribution in [2.45, 2.75) is 25.7 Å². The first-order valence-corrected chi connectivity index (χ1v) is 6.41. The molecule has 1 aliphatic rings. The SMILES string of the molecule is COC(=O)c1cc2c3c(ccc2n1C)CCCC3. The molecule has 94 valence electrons. The van der Waals surface area contributed by atoms with Crippen LogP contribution in [0.3, 0.4) is 0 Å². The number of carbonyl (C=O) groups is 1. The minimum absolute atomic E-state index is 0.266. The van der Waals surface area contributed by atoms with E-state index in [1.807, 2.05) is 17.7 Å². The molecule has 3 rings (SSSR count). The maximum atomic E-state index is 11.7. The molecular formula is C15H17NO2. The van der Waals surface area contributed by atoms with Crippen molar-refractivity contribution < 1.29 is 9.53 Å². The lowest BCUT2D eigenvalue weighted by atomic mass is 9.89. The Kier molecular flexibility index (Phi) is 2.62. The van der Waals surface area contributed by atoms with Crippen LogP contribution in [0.5, 0.6) is 0 Å². The van der Waals surface area contributed by atoms with Crippen LogP contribution in [0.2, 0.25) is 0 Å². The molecule has 0 saturated heterocycles. The highest BCUT2D eigenvalue weighted by molar-refractivity contribution is 5.97. The fourth-order valence-electron chi connectivity index (χ4n) is 2.96. The van der Waals surface area contributed by atoms with Crippen LogP contribution in [0.25, 0.3) is 10.9 Å². The molecule has 0 N–H and O–H groups in total. The maximum Gasteiger partial charge on any atom is 0.354 e. The van der Waals surface area contributed by atoms with Gasteiger partial charge in [0, 0.05) is 18.0 Å². The summed E-state index contributed by atoms with van der Waals surface area (Å²) in [5.41, 5.74) is 4.61. The van der Waals surface area contributed by atoms with E-state index < -0.39 is 0 Å². The minimum Gasteiger partial charge on any atom is -0.464 e. The summed E-state index contributed by atoms with van der Waals surface area (Å²) in [6.07, 6.45) is 4.80. The number of benzene rings is 1. The van der Waals surface area contributed by atoms with Crippen LogP contribution in [0, 0.1) is 0 Å². The fraction of sp³-hybridized carbons (Fsp3) is 0.400. The Bertz CT molecular complexity index is 625. The second-order valence-corrected chi connectivity index (χ2v) is 4.92. The van der Waals surface area contributed by atoms with Gasteiger partial charge in [-0.15, -0.1) is 0 Å². The van der Waals surface area contributed by atoms with E-state index in [-0.39, 0.29) is 5.97 Å². The van der Waals surface area contributed by atoms with Gasteiger partial charge in [0.2, 0.25) is 0 Å². The first kappa shape index (κ1) is 11.3. The summed E-state index contributed by atoms with van der Waals surface area (Å²) >= 11 is 0. The number of rotatable bonds is 1. The average Bonchev–Trinajstić information content (AvgIpc) is 2.76. The number of fused-ring (bicyclic) bond motifs is 3.